The molecule has 0 bridgehead atoms. The zero-order valence-corrected chi connectivity index (χ0v) is 14.8. The molecule has 3 heterocycles. The number of likely N-dealkylation sites (tertiary alicyclic amines) is 1. The molecule has 1 aliphatic heterocycles. The summed E-state index contributed by atoms with van der Waals surface area (Å²) in [4.78, 5) is 31.0. The Morgan fingerprint density at radius 2 is 2.20 bits per heavy atom. The number of H-pyrrole nitrogens is 1. The first-order chi connectivity index (χ1) is 11.9. The lowest BCUT2D eigenvalue weighted by molar-refractivity contribution is -0.132. The van der Waals surface area contributed by atoms with Crippen LogP contribution in [0.2, 0.25) is 0 Å². The SMILES string of the molecule is CCC(=O)N1CCC(C)C(N(C)c2c(C(N)=O)nnc3[nH]ccc23)C1. The summed E-state index contributed by atoms with van der Waals surface area (Å²) in [6.45, 7) is 5.44. The molecule has 2 amide bonds. The van der Waals surface area contributed by atoms with Gasteiger partial charge in [-0.05, 0) is 18.4 Å². The number of nitrogens with zero attached hydrogens (tertiary/aromatic N) is 4. The molecule has 0 spiro atoms. The molecule has 134 valence electrons. The van der Waals surface area contributed by atoms with Crippen LogP contribution in [0.5, 0.6) is 0 Å². The predicted octanol–water partition coefficient (Wildman–Crippen LogP) is 1.14. The number of amides is 2. The second-order valence-corrected chi connectivity index (χ2v) is 6.64. The molecular weight excluding hydrogens is 320 g/mol. The molecule has 25 heavy (non-hydrogen) atoms. The number of piperidine rings is 1. The van der Waals surface area contributed by atoms with Crippen molar-refractivity contribution in [1.29, 1.82) is 0 Å². The van der Waals surface area contributed by atoms with Gasteiger partial charge in [-0.15, -0.1) is 10.2 Å². The molecule has 8 heteroatoms. The maximum Gasteiger partial charge on any atom is 0.271 e. The van der Waals surface area contributed by atoms with Gasteiger partial charge >= 0.3 is 0 Å². The van der Waals surface area contributed by atoms with E-state index in [1.807, 2.05) is 29.8 Å². The third kappa shape index (κ3) is 3.04. The Balaban J connectivity index is 2.01. The second-order valence-electron chi connectivity index (χ2n) is 6.64. The van der Waals surface area contributed by atoms with E-state index in [9.17, 15) is 9.59 Å². The van der Waals surface area contributed by atoms with Crippen molar-refractivity contribution in [2.24, 2.45) is 11.7 Å². The zero-order chi connectivity index (χ0) is 18.1. The van der Waals surface area contributed by atoms with Crippen molar-refractivity contribution >= 4 is 28.5 Å². The number of carbonyl (C=O) groups is 2. The lowest BCUT2D eigenvalue weighted by Crippen LogP contribution is -2.53. The minimum absolute atomic E-state index is 0.0737. The third-order valence-corrected chi connectivity index (χ3v) is 5.11. The summed E-state index contributed by atoms with van der Waals surface area (Å²) in [5.74, 6) is -0.0868. The highest BCUT2D eigenvalue weighted by atomic mass is 16.2. The number of hydrogen-bond acceptors (Lipinski definition) is 5. The van der Waals surface area contributed by atoms with Crippen molar-refractivity contribution in [2.75, 3.05) is 25.0 Å². The molecule has 0 saturated carbocycles. The lowest BCUT2D eigenvalue weighted by Gasteiger charge is -2.42. The molecule has 3 N–H and O–H groups in total. The number of aromatic nitrogens is 3. The number of nitrogens with two attached hydrogens (primary N) is 1. The zero-order valence-electron chi connectivity index (χ0n) is 14.8. The van der Waals surface area contributed by atoms with E-state index in [2.05, 4.69) is 22.1 Å². The first-order valence-corrected chi connectivity index (χ1v) is 8.58. The third-order valence-electron chi connectivity index (χ3n) is 5.11. The van der Waals surface area contributed by atoms with E-state index >= 15 is 0 Å². The maximum absolute atomic E-state index is 12.1. The first kappa shape index (κ1) is 17.2. The van der Waals surface area contributed by atoms with Crippen molar-refractivity contribution in [1.82, 2.24) is 20.1 Å². The Hall–Kier alpha value is -2.64. The molecule has 3 rings (SSSR count). The van der Waals surface area contributed by atoms with Crippen LogP contribution in [0.3, 0.4) is 0 Å². The number of rotatable bonds is 4. The summed E-state index contributed by atoms with van der Waals surface area (Å²) in [5, 5.41) is 8.84. The van der Waals surface area contributed by atoms with Crippen LogP contribution in [0, 0.1) is 5.92 Å². The standard InChI is InChI=1S/C17H24N6O2/c1-4-13(24)23-8-6-10(2)12(9-23)22(3)15-11-5-7-19-17(11)21-20-14(15)16(18)25/h5,7,10,12H,4,6,8-9H2,1-3H3,(H2,18,25)(H,19,21). The number of carbonyl (C=O) groups excluding carboxylic acids is 2. The highest BCUT2D eigenvalue weighted by Gasteiger charge is 2.33. The van der Waals surface area contributed by atoms with Gasteiger partial charge < -0.3 is 20.5 Å². The highest BCUT2D eigenvalue weighted by molar-refractivity contribution is 6.04. The van der Waals surface area contributed by atoms with E-state index in [4.69, 9.17) is 5.73 Å². The van der Waals surface area contributed by atoms with Gasteiger partial charge in [0.1, 0.15) is 0 Å². The summed E-state index contributed by atoms with van der Waals surface area (Å²) in [6.07, 6.45) is 3.18. The normalized spacial score (nSPS) is 20.7. The molecule has 2 unspecified atom stereocenters. The van der Waals surface area contributed by atoms with E-state index in [0.29, 0.717) is 30.2 Å². The van der Waals surface area contributed by atoms with Crippen LogP contribution < -0.4 is 10.6 Å². The average molecular weight is 344 g/mol. The van der Waals surface area contributed by atoms with Crippen LogP contribution in [0.4, 0.5) is 5.69 Å². The topological polar surface area (TPSA) is 108 Å². The van der Waals surface area contributed by atoms with Crippen molar-refractivity contribution in [3.63, 3.8) is 0 Å². The van der Waals surface area contributed by atoms with Crippen molar-refractivity contribution in [3.05, 3.63) is 18.0 Å². The van der Waals surface area contributed by atoms with Gasteiger partial charge in [-0.25, -0.2) is 0 Å². The predicted molar refractivity (Wildman–Crippen MR) is 95.2 cm³/mol. The van der Waals surface area contributed by atoms with Gasteiger partial charge in [0.2, 0.25) is 5.91 Å². The van der Waals surface area contributed by atoms with Crippen LogP contribution in [0.1, 0.15) is 37.2 Å². The monoisotopic (exact) mass is 344 g/mol. The molecule has 2 aromatic heterocycles. The average Bonchev–Trinajstić information content (AvgIpc) is 3.08. The van der Waals surface area contributed by atoms with Gasteiger partial charge in [-0.2, -0.15) is 0 Å². The first-order valence-electron chi connectivity index (χ1n) is 8.58. The van der Waals surface area contributed by atoms with Crippen molar-refractivity contribution in [2.45, 2.75) is 32.7 Å². The number of likely N-dealkylation sites (N-methyl/N-ethyl adjacent to an activating group) is 1. The summed E-state index contributed by atoms with van der Waals surface area (Å²) < 4.78 is 0. The Morgan fingerprint density at radius 1 is 1.44 bits per heavy atom. The fourth-order valence-corrected chi connectivity index (χ4v) is 3.60. The molecule has 1 aliphatic rings. The van der Waals surface area contributed by atoms with E-state index in [0.717, 1.165) is 18.4 Å². The molecule has 1 saturated heterocycles. The lowest BCUT2D eigenvalue weighted by atomic mass is 9.91. The Labute approximate surface area is 146 Å². The van der Waals surface area contributed by atoms with Crippen LogP contribution in [0.25, 0.3) is 11.0 Å². The number of fused-ring (bicyclic) bond motifs is 1. The molecule has 8 nitrogen and oxygen atoms in total. The largest absolute Gasteiger partial charge is 0.367 e. The van der Waals surface area contributed by atoms with Crippen LogP contribution in [0.15, 0.2) is 12.3 Å². The Bertz CT molecular complexity index is 802. The molecule has 2 aromatic rings. The van der Waals surface area contributed by atoms with Crippen molar-refractivity contribution < 1.29 is 9.59 Å². The number of primary amides is 1. The number of anilines is 1. The molecular formula is C17H24N6O2. The summed E-state index contributed by atoms with van der Waals surface area (Å²) in [7, 11) is 1.93. The van der Waals surface area contributed by atoms with Crippen LogP contribution in [-0.4, -0.2) is 58.1 Å². The number of hydrogen-bond donors (Lipinski definition) is 2. The van der Waals surface area contributed by atoms with E-state index in [1.54, 1.807) is 6.20 Å². The van der Waals surface area contributed by atoms with Crippen LogP contribution in [-0.2, 0) is 4.79 Å². The van der Waals surface area contributed by atoms with Gasteiger partial charge in [0.05, 0.1) is 5.69 Å². The minimum atomic E-state index is -0.609. The van der Waals surface area contributed by atoms with Gasteiger partial charge in [0.25, 0.3) is 5.91 Å². The fourth-order valence-electron chi connectivity index (χ4n) is 3.60. The second kappa shape index (κ2) is 6.70. The Morgan fingerprint density at radius 3 is 2.88 bits per heavy atom. The fraction of sp³-hybridized carbons (Fsp3) is 0.529. The van der Waals surface area contributed by atoms with E-state index < -0.39 is 5.91 Å². The highest BCUT2D eigenvalue weighted by Crippen LogP contribution is 2.32. The summed E-state index contributed by atoms with van der Waals surface area (Å²) in [6, 6.07) is 1.94. The van der Waals surface area contributed by atoms with E-state index in [-0.39, 0.29) is 17.6 Å². The molecule has 2 atom stereocenters. The molecule has 1 fully saturated rings. The van der Waals surface area contributed by atoms with Gasteiger partial charge in [0, 0.05) is 44.2 Å². The molecule has 0 aliphatic carbocycles. The number of nitrogens with one attached hydrogen (secondary N) is 1. The molecule has 0 aromatic carbocycles. The van der Waals surface area contributed by atoms with Crippen LogP contribution >= 0.6 is 0 Å². The quantitative estimate of drug-likeness (QED) is 0.864. The minimum Gasteiger partial charge on any atom is -0.367 e. The summed E-state index contributed by atoms with van der Waals surface area (Å²) >= 11 is 0. The summed E-state index contributed by atoms with van der Waals surface area (Å²) in [5.41, 5.74) is 6.96. The van der Waals surface area contributed by atoms with Gasteiger partial charge in [-0.3, -0.25) is 9.59 Å². The van der Waals surface area contributed by atoms with Gasteiger partial charge in [-0.1, -0.05) is 13.8 Å². The number of aromatic amines is 1. The maximum atomic E-state index is 12.1. The Kier molecular flexibility index (Phi) is 4.61. The smallest absolute Gasteiger partial charge is 0.271 e. The van der Waals surface area contributed by atoms with Crippen molar-refractivity contribution in [3.8, 4) is 0 Å². The van der Waals surface area contributed by atoms with Gasteiger partial charge in [0.15, 0.2) is 11.3 Å². The molecule has 0 radical (unpaired) electrons. The van der Waals surface area contributed by atoms with E-state index in [1.165, 1.54) is 0 Å².